The van der Waals surface area contributed by atoms with Crippen LogP contribution in [0.4, 0.5) is 0 Å². The molecule has 15 heavy (non-hydrogen) atoms. The maximum atomic E-state index is 9.86. The van der Waals surface area contributed by atoms with Crippen LogP contribution in [0.5, 0.6) is 0 Å². The molecule has 3 heteroatoms. The van der Waals surface area contributed by atoms with Gasteiger partial charge in [-0.05, 0) is 31.6 Å². The van der Waals surface area contributed by atoms with Gasteiger partial charge in [0.05, 0.1) is 6.10 Å². The van der Waals surface area contributed by atoms with Gasteiger partial charge in [0.25, 0.3) is 0 Å². The van der Waals surface area contributed by atoms with Crippen molar-refractivity contribution in [3.63, 3.8) is 0 Å². The number of hydrogen-bond donors (Lipinski definition) is 3. The molecule has 0 aromatic heterocycles. The van der Waals surface area contributed by atoms with E-state index in [2.05, 4.69) is 5.32 Å². The highest BCUT2D eigenvalue weighted by molar-refractivity contribution is 4.89. The molecule has 0 aromatic carbocycles. The number of aliphatic hydroxyl groups excluding tert-OH is 2. The van der Waals surface area contributed by atoms with Crippen molar-refractivity contribution in [1.82, 2.24) is 5.32 Å². The van der Waals surface area contributed by atoms with Gasteiger partial charge in [0.1, 0.15) is 0 Å². The number of rotatable bonds is 3. The Bertz CT molecular complexity index is 198. The summed E-state index contributed by atoms with van der Waals surface area (Å²) in [5.41, 5.74) is 0. The van der Waals surface area contributed by atoms with E-state index in [1.165, 1.54) is 12.8 Å². The molecule has 88 valence electrons. The fourth-order valence-corrected chi connectivity index (χ4v) is 3.06. The monoisotopic (exact) mass is 213 g/mol. The van der Waals surface area contributed by atoms with Gasteiger partial charge in [-0.1, -0.05) is 19.3 Å². The van der Waals surface area contributed by atoms with Crippen LogP contribution < -0.4 is 5.32 Å². The molecular weight excluding hydrogens is 190 g/mol. The summed E-state index contributed by atoms with van der Waals surface area (Å²) in [5.74, 6) is 0.416. The third-order valence-corrected chi connectivity index (χ3v) is 4.05. The van der Waals surface area contributed by atoms with Crippen molar-refractivity contribution in [2.24, 2.45) is 5.92 Å². The average molecular weight is 213 g/mol. The predicted octanol–water partition coefficient (Wildman–Crippen LogP) is 1.04. The van der Waals surface area contributed by atoms with Gasteiger partial charge in [-0.15, -0.1) is 0 Å². The molecule has 0 saturated heterocycles. The van der Waals surface area contributed by atoms with Gasteiger partial charge in [-0.2, -0.15) is 0 Å². The first-order valence-corrected chi connectivity index (χ1v) is 6.36. The molecule has 4 atom stereocenters. The number of aliphatic hydroxyl groups is 2. The van der Waals surface area contributed by atoms with Crippen LogP contribution >= 0.6 is 0 Å². The van der Waals surface area contributed by atoms with Crippen LogP contribution in [0.2, 0.25) is 0 Å². The zero-order valence-electron chi connectivity index (χ0n) is 9.36. The zero-order chi connectivity index (χ0) is 10.7. The molecule has 2 aliphatic rings. The van der Waals surface area contributed by atoms with Crippen molar-refractivity contribution in [2.45, 2.75) is 63.1 Å². The highest BCUT2D eigenvalue weighted by Crippen LogP contribution is 2.27. The van der Waals surface area contributed by atoms with Gasteiger partial charge in [-0.25, -0.2) is 0 Å². The second-order valence-electron chi connectivity index (χ2n) is 5.11. The lowest BCUT2D eigenvalue weighted by molar-refractivity contribution is 0.0776. The van der Waals surface area contributed by atoms with E-state index in [-0.39, 0.29) is 12.1 Å². The molecule has 4 unspecified atom stereocenters. The molecule has 3 nitrogen and oxygen atoms in total. The molecule has 0 spiro atoms. The summed E-state index contributed by atoms with van der Waals surface area (Å²) in [6, 6.07) is 0.712. The molecule has 0 aromatic rings. The minimum absolute atomic E-state index is 0.168. The Morgan fingerprint density at radius 3 is 2.40 bits per heavy atom. The van der Waals surface area contributed by atoms with Crippen LogP contribution in [0.25, 0.3) is 0 Å². The maximum Gasteiger partial charge on any atom is 0.0693 e. The standard InChI is InChI=1S/C12H23NO2/c14-8-9-4-3-6-10(9)13-11-5-1-2-7-12(11)15/h9-15H,1-8H2. The Morgan fingerprint density at radius 1 is 0.933 bits per heavy atom. The molecule has 2 fully saturated rings. The Hall–Kier alpha value is -0.120. The molecule has 0 aliphatic heterocycles. The van der Waals surface area contributed by atoms with E-state index in [0.717, 1.165) is 32.1 Å². The van der Waals surface area contributed by atoms with Crippen molar-refractivity contribution in [3.05, 3.63) is 0 Å². The topological polar surface area (TPSA) is 52.5 Å². The fourth-order valence-electron chi connectivity index (χ4n) is 3.06. The van der Waals surface area contributed by atoms with E-state index in [1.807, 2.05) is 0 Å². The molecule has 0 heterocycles. The third-order valence-electron chi connectivity index (χ3n) is 4.05. The summed E-state index contributed by atoms with van der Waals surface area (Å²) in [7, 11) is 0. The molecule has 0 radical (unpaired) electrons. The molecule has 2 rings (SSSR count). The lowest BCUT2D eigenvalue weighted by Gasteiger charge is -2.32. The van der Waals surface area contributed by atoms with E-state index >= 15 is 0 Å². The first kappa shape index (κ1) is 11.4. The Morgan fingerprint density at radius 2 is 1.67 bits per heavy atom. The predicted molar refractivity (Wildman–Crippen MR) is 59.6 cm³/mol. The Labute approximate surface area is 91.9 Å². The third kappa shape index (κ3) is 2.71. The van der Waals surface area contributed by atoms with Crippen molar-refractivity contribution in [2.75, 3.05) is 6.61 Å². The highest BCUT2D eigenvalue weighted by Gasteiger charge is 2.31. The molecule has 2 aliphatic carbocycles. The fraction of sp³-hybridized carbons (Fsp3) is 1.00. The summed E-state index contributed by atoms with van der Waals surface area (Å²) in [6.45, 7) is 0.292. The van der Waals surface area contributed by atoms with E-state index in [9.17, 15) is 10.2 Å². The van der Waals surface area contributed by atoms with Crippen LogP contribution in [-0.4, -0.2) is 35.0 Å². The minimum atomic E-state index is -0.168. The van der Waals surface area contributed by atoms with Gasteiger partial charge in [0, 0.05) is 18.7 Å². The van der Waals surface area contributed by atoms with E-state index in [4.69, 9.17) is 0 Å². The zero-order valence-corrected chi connectivity index (χ0v) is 9.36. The van der Waals surface area contributed by atoms with Crippen LogP contribution in [0.3, 0.4) is 0 Å². The summed E-state index contributed by atoms with van der Waals surface area (Å²) in [6.07, 6.45) is 7.76. The normalized spacial score (nSPS) is 42.0. The SMILES string of the molecule is OCC1CCCC1NC1CCCCC1O. The highest BCUT2D eigenvalue weighted by atomic mass is 16.3. The second-order valence-corrected chi connectivity index (χ2v) is 5.11. The maximum absolute atomic E-state index is 9.86. The van der Waals surface area contributed by atoms with Gasteiger partial charge in [-0.3, -0.25) is 0 Å². The van der Waals surface area contributed by atoms with Crippen LogP contribution in [0.15, 0.2) is 0 Å². The second kappa shape index (κ2) is 5.28. The lowest BCUT2D eigenvalue weighted by Crippen LogP contribution is -2.48. The van der Waals surface area contributed by atoms with Crippen LogP contribution in [0, 0.1) is 5.92 Å². The van der Waals surface area contributed by atoms with Gasteiger partial charge < -0.3 is 15.5 Å². The van der Waals surface area contributed by atoms with Crippen LogP contribution in [-0.2, 0) is 0 Å². The minimum Gasteiger partial charge on any atom is -0.396 e. The summed E-state index contributed by atoms with van der Waals surface area (Å²) >= 11 is 0. The van der Waals surface area contributed by atoms with E-state index < -0.39 is 0 Å². The van der Waals surface area contributed by atoms with Crippen LogP contribution in [0.1, 0.15) is 44.9 Å². The molecule has 0 bridgehead atoms. The van der Waals surface area contributed by atoms with Gasteiger partial charge >= 0.3 is 0 Å². The number of hydrogen-bond acceptors (Lipinski definition) is 3. The molecule has 0 amide bonds. The molecule has 3 N–H and O–H groups in total. The summed E-state index contributed by atoms with van der Waals surface area (Å²) in [5, 5.41) is 22.7. The van der Waals surface area contributed by atoms with Crippen molar-refractivity contribution in [1.29, 1.82) is 0 Å². The number of nitrogens with one attached hydrogen (secondary N) is 1. The summed E-state index contributed by atoms with van der Waals surface area (Å²) in [4.78, 5) is 0. The van der Waals surface area contributed by atoms with E-state index in [0.29, 0.717) is 18.6 Å². The van der Waals surface area contributed by atoms with Crippen molar-refractivity contribution >= 4 is 0 Å². The van der Waals surface area contributed by atoms with Crippen molar-refractivity contribution in [3.8, 4) is 0 Å². The largest absolute Gasteiger partial charge is 0.396 e. The summed E-state index contributed by atoms with van der Waals surface area (Å²) < 4.78 is 0. The van der Waals surface area contributed by atoms with Gasteiger partial charge in [0.15, 0.2) is 0 Å². The molecule has 2 saturated carbocycles. The van der Waals surface area contributed by atoms with E-state index in [1.54, 1.807) is 0 Å². The lowest BCUT2D eigenvalue weighted by atomic mass is 9.91. The Balaban J connectivity index is 1.84. The first-order chi connectivity index (χ1) is 7.31. The average Bonchev–Trinajstić information content (AvgIpc) is 2.69. The van der Waals surface area contributed by atoms with Gasteiger partial charge in [0.2, 0.25) is 0 Å². The molecular formula is C12H23NO2. The Kier molecular flexibility index (Phi) is 4.00. The quantitative estimate of drug-likeness (QED) is 0.656. The van der Waals surface area contributed by atoms with Crippen molar-refractivity contribution < 1.29 is 10.2 Å². The first-order valence-electron chi connectivity index (χ1n) is 6.36. The smallest absolute Gasteiger partial charge is 0.0693 e.